The number of carbonyl (C=O) groups is 1. The number of aldehydes is 1. The number of unbranched alkanes of at least 4 members (excludes halogenated alkanes) is 1. The molecule has 0 amide bonds. The van der Waals surface area contributed by atoms with Crippen LogP contribution in [0.15, 0.2) is 23.3 Å². The largest absolute Gasteiger partial charge is 0.356 e. The molecule has 0 heterocycles. The molecule has 0 saturated heterocycles. The van der Waals surface area contributed by atoms with Gasteiger partial charge in [0.1, 0.15) is 6.29 Å². The van der Waals surface area contributed by atoms with Crippen LogP contribution in [0, 0.1) is 0 Å². The van der Waals surface area contributed by atoms with E-state index in [2.05, 4.69) is 42.4 Å². The standard InChI is InChI=1S/C13H22O.C4H10O2/c1-4-12(2)9-7-10-13(3)8-5-6-11-14;1-4(5-2)6-3/h8-9,11H,4-7,10H2,1-3H3;4H,1-3H3/b12-9+,13-8+;. The molecule has 0 bridgehead atoms. The molecule has 20 heavy (non-hydrogen) atoms. The maximum absolute atomic E-state index is 10.1. The van der Waals surface area contributed by atoms with Crippen molar-refractivity contribution in [2.45, 2.75) is 66.1 Å². The Morgan fingerprint density at radius 1 is 1.00 bits per heavy atom. The second-order valence-corrected chi connectivity index (χ2v) is 4.78. The monoisotopic (exact) mass is 284 g/mol. The van der Waals surface area contributed by atoms with E-state index in [4.69, 9.17) is 0 Å². The van der Waals surface area contributed by atoms with Crippen LogP contribution >= 0.6 is 0 Å². The zero-order valence-electron chi connectivity index (χ0n) is 14.1. The average Bonchev–Trinajstić information content (AvgIpc) is 2.47. The third-order valence-corrected chi connectivity index (χ3v) is 3.03. The van der Waals surface area contributed by atoms with Crippen molar-refractivity contribution < 1.29 is 14.3 Å². The van der Waals surface area contributed by atoms with Crippen LogP contribution in [-0.4, -0.2) is 26.8 Å². The van der Waals surface area contributed by atoms with Crippen LogP contribution < -0.4 is 0 Å². The Morgan fingerprint density at radius 3 is 1.95 bits per heavy atom. The van der Waals surface area contributed by atoms with Gasteiger partial charge in [-0.1, -0.05) is 30.2 Å². The normalized spacial score (nSPS) is 12.2. The predicted octanol–water partition coefficient (Wildman–Crippen LogP) is 4.67. The molecule has 118 valence electrons. The molecule has 0 aliphatic rings. The van der Waals surface area contributed by atoms with Gasteiger partial charge in [0.15, 0.2) is 6.29 Å². The summed E-state index contributed by atoms with van der Waals surface area (Å²) < 4.78 is 9.35. The van der Waals surface area contributed by atoms with Crippen LogP contribution in [0.4, 0.5) is 0 Å². The number of rotatable bonds is 9. The minimum atomic E-state index is -0.0648. The molecule has 0 rings (SSSR count). The lowest BCUT2D eigenvalue weighted by Gasteiger charge is -2.03. The van der Waals surface area contributed by atoms with Crippen molar-refractivity contribution in [1.29, 1.82) is 0 Å². The van der Waals surface area contributed by atoms with Crippen molar-refractivity contribution in [3.05, 3.63) is 23.3 Å². The van der Waals surface area contributed by atoms with E-state index in [9.17, 15) is 4.79 Å². The van der Waals surface area contributed by atoms with Gasteiger partial charge in [0.25, 0.3) is 0 Å². The van der Waals surface area contributed by atoms with Gasteiger partial charge in [-0.3, -0.25) is 0 Å². The fraction of sp³-hybridized carbons (Fsp3) is 0.706. The molecule has 0 aromatic rings. The number of methoxy groups -OCH3 is 2. The molecule has 0 radical (unpaired) electrons. The van der Waals surface area contributed by atoms with E-state index < -0.39 is 0 Å². The maximum Gasteiger partial charge on any atom is 0.154 e. The van der Waals surface area contributed by atoms with E-state index in [-0.39, 0.29) is 6.29 Å². The van der Waals surface area contributed by atoms with Gasteiger partial charge in [-0.05, 0) is 46.5 Å². The van der Waals surface area contributed by atoms with Crippen molar-refractivity contribution in [1.82, 2.24) is 0 Å². The summed E-state index contributed by atoms with van der Waals surface area (Å²) in [5, 5.41) is 0. The van der Waals surface area contributed by atoms with Gasteiger partial charge in [-0.15, -0.1) is 0 Å². The number of hydrogen-bond acceptors (Lipinski definition) is 3. The molecular weight excluding hydrogens is 252 g/mol. The first-order valence-corrected chi connectivity index (χ1v) is 7.32. The number of allylic oxidation sites excluding steroid dienone is 4. The summed E-state index contributed by atoms with van der Waals surface area (Å²) in [4.78, 5) is 10.1. The smallest absolute Gasteiger partial charge is 0.154 e. The van der Waals surface area contributed by atoms with Crippen LogP contribution in [-0.2, 0) is 14.3 Å². The van der Waals surface area contributed by atoms with Crippen LogP contribution in [0.1, 0.15) is 59.8 Å². The second kappa shape index (κ2) is 16.1. The fourth-order valence-corrected chi connectivity index (χ4v) is 1.29. The van der Waals surface area contributed by atoms with Gasteiger partial charge in [0.2, 0.25) is 0 Å². The summed E-state index contributed by atoms with van der Waals surface area (Å²) in [7, 11) is 3.21. The Bertz CT molecular complexity index is 276. The topological polar surface area (TPSA) is 35.5 Å². The predicted molar refractivity (Wildman–Crippen MR) is 85.8 cm³/mol. The summed E-state index contributed by atoms with van der Waals surface area (Å²) in [6.45, 7) is 8.32. The van der Waals surface area contributed by atoms with Crippen molar-refractivity contribution in [3.8, 4) is 0 Å². The molecule has 3 heteroatoms. The van der Waals surface area contributed by atoms with E-state index in [1.165, 1.54) is 11.1 Å². The first kappa shape index (κ1) is 21.4. The minimum Gasteiger partial charge on any atom is -0.356 e. The third-order valence-electron chi connectivity index (χ3n) is 3.03. The van der Waals surface area contributed by atoms with Gasteiger partial charge >= 0.3 is 0 Å². The van der Waals surface area contributed by atoms with E-state index in [1.54, 1.807) is 14.2 Å². The Balaban J connectivity index is 0. The van der Waals surface area contributed by atoms with Crippen molar-refractivity contribution in [2.75, 3.05) is 14.2 Å². The quantitative estimate of drug-likeness (QED) is 0.267. The molecule has 0 aromatic carbocycles. The van der Waals surface area contributed by atoms with E-state index in [0.717, 1.165) is 32.0 Å². The molecule has 3 nitrogen and oxygen atoms in total. The number of hydrogen-bond donors (Lipinski definition) is 0. The highest BCUT2D eigenvalue weighted by atomic mass is 16.7. The fourth-order valence-electron chi connectivity index (χ4n) is 1.29. The van der Waals surface area contributed by atoms with E-state index in [1.807, 2.05) is 6.92 Å². The zero-order valence-corrected chi connectivity index (χ0v) is 14.1. The van der Waals surface area contributed by atoms with Crippen LogP contribution in [0.2, 0.25) is 0 Å². The van der Waals surface area contributed by atoms with Crippen molar-refractivity contribution >= 4 is 6.29 Å². The lowest BCUT2D eigenvalue weighted by molar-refractivity contribution is -0.107. The lowest BCUT2D eigenvalue weighted by Crippen LogP contribution is -2.05. The highest BCUT2D eigenvalue weighted by molar-refractivity contribution is 5.49. The summed E-state index contributed by atoms with van der Waals surface area (Å²) >= 11 is 0. The van der Waals surface area contributed by atoms with Crippen LogP contribution in [0.25, 0.3) is 0 Å². The first-order chi connectivity index (χ1) is 9.51. The Hall–Kier alpha value is -0.930. The van der Waals surface area contributed by atoms with Crippen molar-refractivity contribution in [3.63, 3.8) is 0 Å². The molecular formula is C17H32O3. The highest BCUT2D eigenvalue weighted by Crippen LogP contribution is 2.09. The van der Waals surface area contributed by atoms with Gasteiger partial charge < -0.3 is 14.3 Å². The van der Waals surface area contributed by atoms with E-state index >= 15 is 0 Å². The molecule has 0 unspecified atom stereocenters. The number of ether oxygens (including phenoxy) is 2. The maximum atomic E-state index is 10.1. The zero-order chi connectivity index (χ0) is 15.8. The average molecular weight is 284 g/mol. The van der Waals surface area contributed by atoms with E-state index in [0.29, 0.717) is 6.42 Å². The lowest BCUT2D eigenvalue weighted by atomic mass is 10.1. The molecule has 0 fully saturated rings. The molecule has 0 aliphatic carbocycles. The minimum absolute atomic E-state index is 0.0648. The SMILES string of the molecule is CC/C(C)=C/CC/C(C)=C/CCC=O.COC(C)OC. The van der Waals surface area contributed by atoms with Gasteiger partial charge in [0, 0.05) is 20.6 Å². The second-order valence-electron chi connectivity index (χ2n) is 4.78. The molecule has 0 aliphatic heterocycles. The molecule has 0 saturated carbocycles. The molecule has 0 atom stereocenters. The van der Waals surface area contributed by atoms with Gasteiger partial charge in [-0.25, -0.2) is 0 Å². The highest BCUT2D eigenvalue weighted by Gasteiger charge is 1.90. The summed E-state index contributed by atoms with van der Waals surface area (Å²) in [6, 6.07) is 0. The first-order valence-electron chi connectivity index (χ1n) is 7.32. The van der Waals surface area contributed by atoms with Gasteiger partial charge in [0.05, 0.1) is 0 Å². The Labute approximate surface area is 125 Å². The molecule has 0 aromatic heterocycles. The van der Waals surface area contributed by atoms with Gasteiger partial charge in [-0.2, -0.15) is 0 Å². The number of carbonyl (C=O) groups excluding carboxylic acids is 1. The molecule has 0 N–H and O–H groups in total. The Morgan fingerprint density at radius 2 is 1.55 bits per heavy atom. The summed E-state index contributed by atoms with van der Waals surface area (Å²) in [5.74, 6) is 0. The summed E-state index contributed by atoms with van der Waals surface area (Å²) in [6.07, 6.45) is 10.3. The third kappa shape index (κ3) is 17.1. The Kier molecular flexibility index (Phi) is 17.2. The molecule has 0 spiro atoms. The summed E-state index contributed by atoms with van der Waals surface area (Å²) in [5.41, 5.74) is 2.86. The van der Waals surface area contributed by atoms with Crippen molar-refractivity contribution in [2.24, 2.45) is 0 Å². The van der Waals surface area contributed by atoms with Crippen LogP contribution in [0.5, 0.6) is 0 Å². The van der Waals surface area contributed by atoms with Crippen LogP contribution in [0.3, 0.4) is 0 Å².